The molecule has 0 bridgehead atoms. The molecule has 1 fully saturated rings. The van der Waals surface area contributed by atoms with E-state index in [1.165, 1.54) is 19.3 Å². The van der Waals surface area contributed by atoms with E-state index in [0.29, 0.717) is 23.8 Å². The molecule has 1 heterocycles. The molecule has 28 heavy (non-hydrogen) atoms. The zero-order chi connectivity index (χ0) is 19.9. The Balaban J connectivity index is 1.67. The lowest BCUT2D eigenvalue weighted by Gasteiger charge is -2.26. The predicted octanol–water partition coefficient (Wildman–Crippen LogP) is 3.67. The van der Waals surface area contributed by atoms with Gasteiger partial charge in [0.25, 0.3) is 5.91 Å². The number of anilines is 1. The highest BCUT2D eigenvalue weighted by atomic mass is 16.5. The van der Waals surface area contributed by atoms with Crippen molar-refractivity contribution in [3.63, 3.8) is 0 Å². The molecule has 1 aromatic carbocycles. The highest BCUT2D eigenvalue weighted by molar-refractivity contribution is 5.95. The van der Waals surface area contributed by atoms with Gasteiger partial charge in [0.15, 0.2) is 5.76 Å². The molecule has 0 spiro atoms. The van der Waals surface area contributed by atoms with Crippen LogP contribution in [-0.4, -0.2) is 24.9 Å². The first-order chi connectivity index (χ1) is 13.6. The Labute approximate surface area is 164 Å². The van der Waals surface area contributed by atoms with E-state index < -0.39 is 11.9 Å². The second-order valence-electron chi connectivity index (χ2n) is 7.22. The summed E-state index contributed by atoms with van der Waals surface area (Å²) >= 11 is 0. The van der Waals surface area contributed by atoms with Crippen LogP contribution in [0.3, 0.4) is 0 Å². The normalized spacial score (nSPS) is 15.6. The summed E-state index contributed by atoms with van der Waals surface area (Å²) in [6.45, 7) is 0. The maximum Gasteiger partial charge on any atom is 0.287 e. The number of amides is 2. The van der Waals surface area contributed by atoms with Crippen LogP contribution >= 0.6 is 0 Å². The van der Waals surface area contributed by atoms with E-state index in [4.69, 9.17) is 4.42 Å². The highest BCUT2D eigenvalue weighted by Gasteiger charge is 2.26. The fraction of sp³-hybridized carbons (Fsp3) is 0.429. The average molecular weight is 384 g/mol. The van der Waals surface area contributed by atoms with Crippen molar-refractivity contribution in [2.24, 2.45) is 5.92 Å². The Morgan fingerprint density at radius 3 is 2.46 bits per heavy atom. The highest BCUT2D eigenvalue weighted by Crippen LogP contribution is 2.28. The first-order valence-electron chi connectivity index (χ1n) is 9.71. The maximum atomic E-state index is 12.6. The van der Waals surface area contributed by atoms with E-state index in [-0.39, 0.29) is 11.7 Å². The summed E-state index contributed by atoms with van der Waals surface area (Å²) in [6, 6.07) is 9.45. The van der Waals surface area contributed by atoms with Crippen molar-refractivity contribution in [1.29, 1.82) is 0 Å². The lowest BCUT2D eigenvalue weighted by Crippen LogP contribution is -2.46. The standard InChI is InChI=1S/C21H26N3O4/c1-22-20(25)17(13-14-5-3-2-4-6-14)23-21(26)19-12-11-18(28-19)15-7-9-16(24-27)10-8-15/h7-12,14,17,24H,2-6,13H2,1H3,(H,22,25)(H,23,26)/q-1/t17-/m0/s1. The molecule has 1 saturated carbocycles. The number of carbonyl (C=O) groups is 2. The topological polar surface area (TPSA) is 106 Å². The summed E-state index contributed by atoms with van der Waals surface area (Å²) in [4.78, 5) is 24.9. The van der Waals surface area contributed by atoms with Crippen molar-refractivity contribution in [2.45, 2.75) is 44.6 Å². The van der Waals surface area contributed by atoms with E-state index in [9.17, 15) is 14.8 Å². The molecule has 1 aliphatic carbocycles. The van der Waals surface area contributed by atoms with E-state index >= 15 is 0 Å². The van der Waals surface area contributed by atoms with Gasteiger partial charge in [0, 0.05) is 18.3 Å². The van der Waals surface area contributed by atoms with Crippen LogP contribution in [0.5, 0.6) is 0 Å². The fourth-order valence-corrected chi connectivity index (χ4v) is 3.71. The summed E-state index contributed by atoms with van der Waals surface area (Å²) in [6.07, 6.45) is 6.45. The van der Waals surface area contributed by atoms with Crippen molar-refractivity contribution in [1.82, 2.24) is 10.6 Å². The summed E-state index contributed by atoms with van der Waals surface area (Å²) in [7, 11) is 1.58. The van der Waals surface area contributed by atoms with Crippen LogP contribution in [0.1, 0.15) is 49.1 Å². The lowest BCUT2D eigenvalue weighted by atomic mass is 9.84. The Morgan fingerprint density at radius 1 is 1.11 bits per heavy atom. The third kappa shape index (κ3) is 4.92. The first-order valence-corrected chi connectivity index (χ1v) is 9.71. The predicted molar refractivity (Wildman–Crippen MR) is 108 cm³/mol. The number of likely N-dealkylation sites (N-methyl/N-ethyl adjacent to an activating group) is 1. The molecule has 1 aromatic heterocycles. The van der Waals surface area contributed by atoms with Crippen LogP contribution in [0.4, 0.5) is 5.69 Å². The number of hydrogen-bond acceptors (Lipinski definition) is 5. The SMILES string of the molecule is CNC(=O)[C@H](CC1CCCCC1)NC(=O)c1ccc(-c2ccc(N[O-])cc2)o1. The van der Waals surface area contributed by atoms with Gasteiger partial charge in [-0.05, 0) is 48.7 Å². The maximum absolute atomic E-state index is 12.6. The molecule has 3 N–H and O–H groups in total. The van der Waals surface area contributed by atoms with Crippen molar-refractivity contribution in [2.75, 3.05) is 12.5 Å². The van der Waals surface area contributed by atoms with Crippen LogP contribution in [0.15, 0.2) is 40.8 Å². The Bertz CT molecular complexity index is 794. The summed E-state index contributed by atoms with van der Waals surface area (Å²) < 4.78 is 5.67. The molecule has 0 aliphatic heterocycles. The second kappa shape index (κ2) is 9.41. The van der Waals surface area contributed by atoms with Gasteiger partial charge in [-0.15, -0.1) is 0 Å². The van der Waals surface area contributed by atoms with Crippen LogP contribution in [0, 0.1) is 11.1 Å². The van der Waals surface area contributed by atoms with Gasteiger partial charge in [-0.2, -0.15) is 0 Å². The van der Waals surface area contributed by atoms with Crippen molar-refractivity contribution >= 4 is 17.5 Å². The Kier molecular flexibility index (Phi) is 6.71. The quantitative estimate of drug-likeness (QED) is 0.632. The fourth-order valence-electron chi connectivity index (χ4n) is 3.71. The van der Waals surface area contributed by atoms with E-state index in [1.807, 2.05) is 5.48 Å². The van der Waals surface area contributed by atoms with E-state index in [0.717, 1.165) is 18.4 Å². The number of benzene rings is 1. The minimum absolute atomic E-state index is 0.151. The van der Waals surface area contributed by atoms with Gasteiger partial charge in [-0.1, -0.05) is 32.1 Å². The molecule has 2 aromatic rings. The van der Waals surface area contributed by atoms with Crippen LogP contribution < -0.4 is 16.1 Å². The first kappa shape index (κ1) is 19.9. The molecule has 1 aliphatic rings. The minimum atomic E-state index is -0.573. The molecule has 0 radical (unpaired) electrons. The largest absolute Gasteiger partial charge is 0.761 e. The van der Waals surface area contributed by atoms with E-state index in [1.54, 1.807) is 43.4 Å². The lowest BCUT2D eigenvalue weighted by molar-refractivity contribution is -0.123. The van der Waals surface area contributed by atoms with Gasteiger partial charge < -0.3 is 25.7 Å². The summed E-state index contributed by atoms with van der Waals surface area (Å²) in [5.74, 6) is 0.529. The van der Waals surface area contributed by atoms with Crippen molar-refractivity contribution in [3.8, 4) is 11.3 Å². The van der Waals surface area contributed by atoms with Gasteiger partial charge in [0.2, 0.25) is 5.91 Å². The molecule has 7 nitrogen and oxygen atoms in total. The summed E-state index contributed by atoms with van der Waals surface area (Å²) in [5.41, 5.74) is 3.02. The number of rotatable bonds is 7. The van der Waals surface area contributed by atoms with Crippen LogP contribution in [0.25, 0.3) is 11.3 Å². The molecule has 2 amide bonds. The monoisotopic (exact) mass is 384 g/mol. The molecule has 0 unspecified atom stereocenters. The molecular formula is C21H26N3O4-. The average Bonchev–Trinajstić information content (AvgIpc) is 3.24. The number of carbonyl (C=O) groups excluding carboxylic acids is 2. The zero-order valence-electron chi connectivity index (χ0n) is 16.0. The van der Waals surface area contributed by atoms with Crippen molar-refractivity contribution < 1.29 is 14.0 Å². The molecule has 0 saturated heterocycles. The van der Waals surface area contributed by atoms with Gasteiger partial charge in [0.1, 0.15) is 11.8 Å². The van der Waals surface area contributed by atoms with E-state index in [2.05, 4.69) is 10.6 Å². The smallest absolute Gasteiger partial charge is 0.287 e. The number of hydrogen-bond donors (Lipinski definition) is 3. The van der Waals surface area contributed by atoms with Gasteiger partial charge in [-0.3, -0.25) is 9.59 Å². The van der Waals surface area contributed by atoms with Crippen molar-refractivity contribution in [3.05, 3.63) is 47.4 Å². The van der Waals surface area contributed by atoms with Gasteiger partial charge >= 0.3 is 0 Å². The van der Waals surface area contributed by atoms with Gasteiger partial charge in [-0.25, -0.2) is 0 Å². The van der Waals surface area contributed by atoms with Crippen LogP contribution in [-0.2, 0) is 4.79 Å². The molecule has 3 rings (SSSR count). The Morgan fingerprint density at radius 2 is 1.82 bits per heavy atom. The molecule has 7 heteroatoms. The number of nitrogens with one attached hydrogen (secondary N) is 3. The third-order valence-corrected chi connectivity index (χ3v) is 5.28. The number of furan rings is 1. The van der Waals surface area contributed by atoms with Crippen LogP contribution in [0.2, 0.25) is 0 Å². The molecular weight excluding hydrogens is 358 g/mol. The molecule has 1 atom stereocenters. The third-order valence-electron chi connectivity index (χ3n) is 5.28. The van der Waals surface area contributed by atoms with Gasteiger partial charge in [0.05, 0.1) is 0 Å². The molecule has 150 valence electrons. The summed E-state index contributed by atoms with van der Waals surface area (Å²) in [5, 5.41) is 16.1. The minimum Gasteiger partial charge on any atom is -0.761 e. The Hall–Kier alpha value is -2.80. The zero-order valence-corrected chi connectivity index (χ0v) is 16.0. The second-order valence-corrected chi connectivity index (χ2v) is 7.22.